The number of nitrogens with zero attached hydrogens (tertiary/aromatic N) is 1. The van der Waals surface area contributed by atoms with E-state index < -0.39 is 5.97 Å². The fourth-order valence-electron chi connectivity index (χ4n) is 2.51. The lowest BCUT2D eigenvalue weighted by atomic mass is 10.1. The minimum Gasteiger partial charge on any atom is -0.507 e. The summed E-state index contributed by atoms with van der Waals surface area (Å²) in [6, 6.07) is 10.3. The van der Waals surface area contributed by atoms with Gasteiger partial charge in [-0.2, -0.15) is 0 Å². The maximum Gasteiger partial charge on any atom is 0.342 e. The molecule has 0 fully saturated rings. The number of esters is 1. The van der Waals surface area contributed by atoms with Crippen LogP contribution in [0.1, 0.15) is 21.6 Å². The Hall–Kier alpha value is -3.06. The molecule has 140 valence electrons. The van der Waals surface area contributed by atoms with Gasteiger partial charge in [-0.15, -0.1) is 11.3 Å². The van der Waals surface area contributed by atoms with Crippen LogP contribution in [0.3, 0.4) is 0 Å². The van der Waals surface area contributed by atoms with E-state index in [1.54, 1.807) is 26.4 Å². The van der Waals surface area contributed by atoms with Crippen molar-refractivity contribution < 1.29 is 24.1 Å². The highest BCUT2D eigenvalue weighted by Crippen LogP contribution is 2.33. The zero-order valence-electron chi connectivity index (χ0n) is 15.2. The fraction of sp³-hybridized carbons (Fsp3) is 0.200. The summed E-state index contributed by atoms with van der Waals surface area (Å²) < 4.78 is 15.8. The molecule has 1 heterocycles. The van der Waals surface area contributed by atoms with Crippen molar-refractivity contribution in [1.29, 1.82) is 0 Å². The molecule has 0 spiro atoms. The number of thiazole rings is 1. The summed E-state index contributed by atoms with van der Waals surface area (Å²) >= 11 is 1.44. The van der Waals surface area contributed by atoms with Gasteiger partial charge in [-0.3, -0.25) is 0 Å². The molecule has 1 N–H and O–H groups in total. The third kappa shape index (κ3) is 4.20. The van der Waals surface area contributed by atoms with Crippen molar-refractivity contribution in [2.24, 2.45) is 0 Å². The number of hydrogen-bond donors (Lipinski definition) is 1. The van der Waals surface area contributed by atoms with Crippen LogP contribution >= 0.6 is 11.3 Å². The highest BCUT2D eigenvalue weighted by molar-refractivity contribution is 7.13. The predicted octanol–water partition coefficient (Wildman–Crippen LogP) is 4.20. The second-order valence-corrected chi connectivity index (χ2v) is 6.67. The average Bonchev–Trinajstić information content (AvgIpc) is 3.16. The van der Waals surface area contributed by atoms with Crippen LogP contribution in [0.4, 0.5) is 0 Å². The largest absolute Gasteiger partial charge is 0.507 e. The second-order valence-electron chi connectivity index (χ2n) is 5.81. The van der Waals surface area contributed by atoms with Crippen LogP contribution in [0.5, 0.6) is 17.2 Å². The smallest absolute Gasteiger partial charge is 0.342 e. The Labute approximate surface area is 161 Å². The number of phenols is 1. The number of rotatable bonds is 6. The molecule has 0 unspecified atom stereocenters. The zero-order valence-corrected chi connectivity index (χ0v) is 16.0. The van der Waals surface area contributed by atoms with Crippen molar-refractivity contribution in [3.05, 3.63) is 58.6 Å². The molecule has 2 aromatic carbocycles. The molecule has 0 bridgehead atoms. The summed E-state index contributed by atoms with van der Waals surface area (Å²) in [7, 11) is 3.16. The first-order chi connectivity index (χ1) is 13.0. The van der Waals surface area contributed by atoms with Gasteiger partial charge in [0.05, 0.1) is 19.9 Å². The number of phenolic OH excluding ortho intramolecular Hbond substituents is 1. The third-order valence-corrected chi connectivity index (χ3v) is 4.85. The van der Waals surface area contributed by atoms with Crippen molar-refractivity contribution in [2.75, 3.05) is 14.2 Å². The number of ether oxygens (including phenoxy) is 3. The molecule has 6 nitrogen and oxygen atoms in total. The van der Waals surface area contributed by atoms with Gasteiger partial charge in [-0.05, 0) is 37.3 Å². The van der Waals surface area contributed by atoms with Crippen molar-refractivity contribution in [3.63, 3.8) is 0 Å². The maximum atomic E-state index is 12.2. The van der Waals surface area contributed by atoms with Crippen molar-refractivity contribution in [2.45, 2.75) is 13.5 Å². The number of aromatic nitrogens is 1. The predicted molar refractivity (Wildman–Crippen MR) is 103 cm³/mol. The molecule has 0 saturated carbocycles. The molecular weight excluding hydrogens is 366 g/mol. The standard InChI is InChI=1S/C20H19NO5S/c1-12-4-6-16(22)15(8-12)20(23)26-10-14-11-27-19(21-14)13-5-7-17(24-2)18(9-13)25-3/h4-9,11,22H,10H2,1-3H3. The number of hydrogen-bond acceptors (Lipinski definition) is 7. The molecule has 1 aromatic heterocycles. The first kappa shape index (κ1) is 18.7. The van der Waals surface area contributed by atoms with Crippen molar-refractivity contribution in [1.82, 2.24) is 4.98 Å². The van der Waals surface area contributed by atoms with E-state index in [1.807, 2.05) is 30.5 Å². The highest BCUT2D eigenvalue weighted by atomic mass is 32.1. The van der Waals surface area contributed by atoms with Gasteiger partial charge in [0, 0.05) is 10.9 Å². The van der Waals surface area contributed by atoms with Crippen LogP contribution in [0.25, 0.3) is 10.6 Å². The number of carbonyl (C=O) groups is 1. The topological polar surface area (TPSA) is 77.9 Å². The van der Waals surface area contributed by atoms with E-state index in [-0.39, 0.29) is 17.9 Å². The van der Waals surface area contributed by atoms with Crippen LogP contribution in [-0.2, 0) is 11.3 Å². The molecule has 7 heteroatoms. The molecule has 3 rings (SSSR count). The summed E-state index contributed by atoms with van der Waals surface area (Å²) in [4.78, 5) is 16.7. The summed E-state index contributed by atoms with van der Waals surface area (Å²) in [5.41, 5.74) is 2.52. The Bertz CT molecular complexity index is 967. The molecule has 3 aromatic rings. The first-order valence-corrected chi connectivity index (χ1v) is 9.03. The lowest BCUT2D eigenvalue weighted by molar-refractivity contribution is 0.0465. The average molecular weight is 385 g/mol. The van der Waals surface area contributed by atoms with E-state index in [1.165, 1.54) is 17.4 Å². The Morgan fingerprint density at radius 1 is 1.11 bits per heavy atom. The van der Waals surface area contributed by atoms with Crippen LogP contribution in [0, 0.1) is 6.92 Å². The van der Waals surface area contributed by atoms with Crippen LogP contribution in [0.2, 0.25) is 0 Å². The molecule has 0 saturated heterocycles. The molecular formula is C20H19NO5S. The SMILES string of the molecule is COc1ccc(-c2nc(COC(=O)c3cc(C)ccc3O)cs2)cc1OC. The quantitative estimate of drug-likeness (QED) is 0.641. The second kappa shape index (κ2) is 8.09. The lowest BCUT2D eigenvalue weighted by Gasteiger charge is -2.08. The molecule has 0 aliphatic carbocycles. The first-order valence-electron chi connectivity index (χ1n) is 8.15. The van der Waals surface area contributed by atoms with E-state index in [0.29, 0.717) is 17.2 Å². The minimum absolute atomic E-state index is 0.0238. The third-order valence-electron chi connectivity index (χ3n) is 3.91. The van der Waals surface area contributed by atoms with Crippen molar-refractivity contribution in [3.8, 4) is 27.8 Å². The molecule has 0 aliphatic heterocycles. The monoisotopic (exact) mass is 385 g/mol. The maximum absolute atomic E-state index is 12.2. The normalized spacial score (nSPS) is 10.5. The number of methoxy groups -OCH3 is 2. The summed E-state index contributed by atoms with van der Waals surface area (Å²) in [5, 5.41) is 12.4. The van der Waals surface area contributed by atoms with Crippen LogP contribution in [-0.4, -0.2) is 30.3 Å². The molecule has 0 atom stereocenters. The minimum atomic E-state index is -0.586. The van der Waals surface area contributed by atoms with Gasteiger partial charge < -0.3 is 19.3 Å². The van der Waals surface area contributed by atoms with Crippen LogP contribution < -0.4 is 9.47 Å². The highest BCUT2D eigenvalue weighted by Gasteiger charge is 2.15. The van der Waals surface area contributed by atoms with Gasteiger partial charge in [-0.1, -0.05) is 11.6 Å². The molecule has 0 radical (unpaired) electrons. The Kier molecular flexibility index (Phi) is 5.61. The van der Waals surface area contributed by atoms with Gasteiger partial charge in [0.2, 0.25) is 0 Å². The van der Waals surface area contributed by atoms with Crippen LogP contribution in [0.15, 0.2) is 41.8 Å². The van der Waals surface area contributed by atoms with E-state index in [0.717, 1.165) is 16.1 Å². The Morgan fingerprint density at radius 2 is 1.89 bits per heavy atom. The van der Waals surface area contributed by atoms with E-state index in [2.05, 4.69) is 4.98 Å². The number of aryl methyl sites for hydroxylation is 1. The molecule has 0 aliphatic rings. The summed E-state index contributed by atoms with van der Waals surface area (Å²) in [6.07, 6.45) is 0. The lowest BCUT2D eigenvalue weighted by Crippen LogP contribution is -2.06. The van der Waals surface area contributed by atoms with Gasteiger partial charge in [-0.25, -0.2) is 9.78 Å². The number of carbonyl (C=O) groups excluding carboxylic acids is 1. The van der Waals surface area contributed by atoms with Gasteiger partial charge >= 0.3 is 5.97 Å². The van der Waals surface area contributed by atoms with Gasteiger partial charge in [0.25, 0.3) is 0 Å². The zero-order chi connectivity index (χ0) is 19.4. The Balaban J connectivity index is 1.71. The van der Waals surface area contributed by atoms with Crippen molar-refractivity contribution >= 4 is 17.3 Å². The fourth-order valence-corrected chi connectivity index (χ4v) is 3.31. The number of aromatic hydroxyl groups is 1. The molecule has 27 heavy (non-hydrogen) atoms. The summed E-state index contributed by atoms with van der Waals surface area (Å²) in [6.45, 7) is 1.86. The van der Waals surface area contributed by atoms with E-state index in [4.69, 9.17) is 14.2 Å². The summed E-state index contributed by atoms with van der Waals surface area (Å²) in [5.74, 6) is 0.574. The van der Waals surface area contributed by atoms with Gasteiger partial charge in [0.1, 0.15) is 22.9 Å². The number of benzene rings is 2. The molecule has 0 amide bonds. The van der Waals surface area contributed by atoms with E-state index >= 15 is 0 Å². The van der Waals surface area contributed by atoms with E-state index in [9.17, 15) is 9.90 Å². The van der Waals surface area contributed by atoms with Gasteiger partial charge in [0.15, 0.2) is 11.5 Å². The Morgan fingerprint density at radius 3 is 2.63 bits per heavy atom.